The predicted octanol–water partition coefficient (Wildman–Crippen LogP) is 4.49. The molecule has 1 aromatic rings. The number of halogens is 2. The first-order valence-electron chi connectivity index (χ1n) is 11.7. The van der Waals surface area contributed by atoms with E-state index in [0.717, 1.165) is 19.3 Å². The highest BCUT2D eigenvalue weighted by molar-refractivity contribution is 5.15. The Morgan fingerprint density at radius 3 is 2.67 bits per heavy atom. The van der Waals surface area contributed by atoms with Gasteiger partial charge >= 0.3 is 0 Å². The Balaban J connectivity index is 1.30. The van der Waals surface area contributed by atoms with Gasteiger partial charge in [-0.25, -0.2) is 8.78 Å². The van der Waals surface area contributed by atoms with E-state index in [-0.39, 0.29) is 17.8 Å². The molecular weight excluding hydrogens is 386 g/mol. The second-order valence-electron chi connectivity index (χ2n) is 10.9. The molecule has 30 heavy (non-hydrogen) atoms. The van der Waals surface area contributed by atoms with E-state index in [4.69, 9.17) is 0 Å². The van der Waals surface area contributed by atoms with E-state index >= 15 is 0 Å². The molecule has 8 atom stereocenters. The summed E-state index contributed by atoms with van der Waals surface area (Å²) >= 11 is 0. The lowest BCUT2D eigenvalue weighted by Crippen LogP contribution is -2.52. The van der Waals surface area contributed by atoms with Crippen LogP contribution in [0.3, 0.4) is 0 Å². The number of hydrogen-bond acceptors (Lipinski definition) is 4. The van der Waals surface area contributed by atoms with Crippen molar-refractivity contribution in [1.82, 2.24) is 20.2 Å². The summed E-state index contributed by atoms with van der Waals surface area (Å²) in [6, 6.07) is 0. The van der Waals surface area contributed by atoms with Crippen LogP contribution in [-0.2, 0) is 6.54 Å². The number of allylic oxidation sites excluding steroid dienone is 1. The van der Waals surface area contributed by atoms with Crippen LogP contribution in [-0.4, -0.2) is 37.3 Å². The van der Waals surface area contributed by atoms with Crippen LogP contribution < -0.4 is 0 Å². The Kier molecular flexibility index (Phi) is 5.03. The molecule has 0 saturated heterocycles. The van der Waals surface area contributed by atoms with Gasteiger partial charge in [0.1, 0.15) is 5.60 Å². The smallest absolute Gasteiger partial charge is 0.266 e. The van der Waals surface area contributed by atoms with E-state index in [9.17, 15) is 13.9 Å². The van der Waals surface area contributed by atoms with Gasteiger partial charge in [0.25, 0.3) is 6.43 Å². The van der Waals surface area contributed by atoms with Crippen LogP contribution in [0.5, 0.6) is 0 Å². The standard InChI is InChI=1S/C23H34F2N4O/c1-14(12-29-27-13-26-28-29)19-5-6-20-18-4-3-15-11-23(30,21(24)25)10-8-16(15)17(18)7-9-22(19,20)2/h13,15-21,30H,1,3-12H2,2H3/t15-,16+,17-,18-,19-,20+,22-,23-/m1/s1. The molecule has 0 unspecified atom stereocenters. The molecule has 0 aromatic carbocycles. The van der Waals surface area contributed by atoms with Crippen LogP contribution >= 0.6 is 0 Å². The van der Waals surface area contributed by atoms with Gasteiger partial charge in [0.2, 0.25) is 0 Å². The Bertz CT molecular complexity index is 786. The van der Waals surface area contributed by atoms with Crippen LogP contribution in [0.25, 0.3) is 0 Å². The molecular formula is C23H34F2N4O. The minimum atomic E-state index is -2.62. The topological polar surface area (TPSA) is 63.8 Å². The van der Waals surface area contributed by atoms with Crippen LogP contribution in [0.15, 0.2) is 18.5 Å². The lowest BCUT2D eigenvalue weighted by molar-refractivity contribution is -0.159. The molecule has 1 aromatic heterocycles. The lowest BCUT2D eigenvalue weighted by atomic mass is 9.48. The molecule has 1 N–H and O–H groups in total. The van der Waals surface area contributed by atoms with Gasteiger partial charge in [-0.1, -0.05) is 19.1 Å². The maximum absolute atomic E-state index is 13.4. The summed E-state index contributed by atoms with van der Waals surface area (Å²) in [5, 5.41) is 22.4. The molecule has 0 aliphatic heterocycles. The molecule has 4 saturated carbocycles. The van der Waals surface area contributed by atoms with E-state index in [0.29, 0.717) is 42.6 Å². The van der Waals surface area contributed by atoms with Gasteiger partial charge in [-0.2, -0.15) is 4.80 Å². The molecule has 4 aliphatic rings. The van der Waals surface area contributed by atoms with Gasteiger partial charge in [0, 0.05) is 0 Å². The zero-order valence-corrected chi connectivity index (χ0v) is 17.9. The summed E-state index contributed by atoms with van der Waals surface area (Å²) in [5.41, 5.74) is -0.267. The second kappa shape index (κ2) is 7.35. The number of hydrogen-bond donors (Lipinski definition) is 1. The molecule has 5 rings (SSSR count). The van der Waals surface area contributed by atoms with Gasteiger partial charge < -0.3 is 5.11 Å². The molecule has 7 heteroatoms. The molecule has 0 radical (unpaired) electrons. The van der Waals surface area contributed by atoms with E-state index in [2.05, 4.69) is 28.9 Å². The van der Waals surface area contributed by atoms with E-state index < -0.39 is 12.0 Å². The number of aromatic nitrogens is 4. The largest absolute Gasteiger partial charge is 0.384 e. The van der Waals surface area contributed by atoms with Gasteiger partial charge in [-0.3, -0.25) is 0 Å². The fourth-order valence-corrected chi connectivity index (χ4v) is 8.33. The highest BCUT2D eigenvalue weighted by Crippen LogP contribution is 2.65. The third kappa shape index (κ3) is 3.14. The highest BCUT2D eigenvalue weighted by atomic mass is 19.3. The van der Waals surface area contributed by atoms with Crippen LogP contribution in [0.1, 0.15) is 64.7 Å². The number of rotatable bonds is 4. The van der Waals surface area contributed by atoms with E-state index in [1.165, 1.54) is 37.6 Å². The number of alkyl halides is 2. The van der Waals surface area contributed by atoms with Crippen molar-refractivity contribution in [2.75, 3.05) is 0 Å². The van der Waals surface area contributed by atoms with Gasteiger partial charge in [-0.15, -0.1) is 10.2 Å². The molecule has 4 aliphatic carbocycles. The van der Waals surface area contributed by atoms with Gasteiger partial charge in [0.05, 0.1) is 6.54 Å². The zero-order chi connectivity index (χ0) is 21.1. The zero-order valence-electron chi connectivity index (χ0n) is 17.9. The predicted molar refractivity (Wildman–Crippen MR) is 109 cm³/mol. The Morgan fingerprint density at radius 2 is 1.93 bits per heavy atom. The summed E-state index contributed by atoms with van der Waals surface area (Å²) in [6.45, 7) is 7.53. The van der Waals surface area contributed by atoms with Gasteiger partial charge in [0.15, 0.2) is 6.33 Å². The number of aliphatic hydroxyl groups is 1. The fraction of sp³-hybridized carbons (Fsp3) is 0.870. The Hall–Kier alpha value is -1.37. The average molecular weight is 421 g/mol. The van der Waals surface area contributed by atoms with Crippen LogP contribution in [0.2, 0.25) is 0 Å². The summed E-state index contributed by atoms with van der Waals surface area (Å²) in [6.07, 6.45) is 7.12. The molecule has 1 heterocycles. The van der Waals surface area contributed by atoms with Gasteiger partial charge in [-0.05, 0) is 104 Å². The first-order valence-corrected chi connectivity index (χ1v) is 11.7. The first-order chi connectivity index (χ1) is 14.3. The minimum Gasteiger partial charge on any atom is -0.384 e. The minimum absolute atomic E-state index is 0.265. The molecule has 4 fully saturated rings. The Labute approximate surface area is 177 Å². The highest BCUT2D eigenvalue weighted by Gasteiger charge is 2.58. The summed E-state index contributed by atoms with van der Waals surface area (Å²) < 4.78 is 26.8. The molecule has 166 valence electrons. The maximum Gasteiger partial charge on any atom is 0.266 e. The van der Waals surface area contributed by atoms with Crippen molar-refractivity contribution in [3.8, 4) is 0 Å². The second-order valence-corrected chi connectivity index (χ2v) is 10.9. The molecule has 0 amide bonds. The van der Waals surface area contributed by atoms with Crippen molar-refractivity contribution < 1.29 is 13.9 Å². The fourth-order valence-electron chi connectivity index (χ4n) is 8.33. The third-order valence-corrected chi connectivity index (χ3v) is 9.68. The number of fused-ring (bicyclic) bond motifs is 5. The molecule has 0 bridgehead atoms. The number of nitrogens with zero attached hydrogens (tertiary/aromatic N) is 4. The first kappa shape index (κ1) is 20.5. The van der Waals surface area contributed by atoms with Crippen molar-refractivity contribution in [2.45, 2.75) is 83.3 Å². The van der Waals surface area contributed by atoms with E-state index in [1.807, 2.05) is 0 Å². The average Bonchev–Trinajstić information content (AvgIpc) is 3.34. The third-order valence-electron chi connectivity index (χ3n) is 9.68. The van der Waals surface area contributed by atoms with Crippen molar-refractivity contribution >= 4 is 0 Å². The summed E-state index contributed by atoms with van der Waals surface area (Å²) in [4.78, 5) is 1.63. The van der Waals surface area contributed by atoms with Crippen molar-refractivity contribution in [3.63, 3.8) is 0 Å². The molecule has 5 nitrogen and oxygen atoms in total. The van der Waals surface area contributed by atoms with Crippen molar-refractivity contribution in [1.29, 1.82) is 0 Å². The van der Waals surface area contributed by atoms with Crippen LogP contribution in [0, 0.1) is 40.9 Å². The lowest BCUT2D eigenvalue weighted by Gasteiger charge is -2.57. The summed E-state index contributed by atoms with van der Waals surface area (Å²) in [5.74, 6) is 3.32. The monoisotopic (exact) mass is 420 g/mol. The number of tetrazole rings is 1. The maximum atomic E-state index is 13.4. The summed E-state index contributed by atoms with van der Waals surface area (Å²) in [7, 11) is 0. The Morgan fingerprint density at radius 1 is 1.13 bits per heavy atom. The van der Waals surface area contributed by atoms with Crippen molar-refractivity contribution in [2.24, 2.45) is 40.9 Å². The van der Waals surface area contributed by atoms with E-state index in [1.54, 1.807) is 4.80 Å². The SMILES string of the molecule is C=C(Cn1ncnn1)[C@H]1CC[C@H]2[C@@H]3CC[C@@H]4C[C@@](O)(C(F)F)CC[C@@H]4[C@H]3CC[C@]12C. The molecule has 0 spiro atoms. The van der Waals surface area contributed by atoms with Crippen molar-refractivity contribution in [3.05, 3.63) is 18.5 Å². The quantitative estimate of drug-likeness (QED) is 0.729. The normalized spacial score (nSPS) is 45.6. The van der Waals surface area contributed by atoms with Crippen LogP contribution in [0.4, 0.5) is 8.78 Å².